The van der Waals surface area contributed by atoms with Crippen LogP contribution in [-0.4, -0.2) is 40.2 Å². The first-order chi connectivity index (χ1) is 7.96. The number of hydrogen-bond acceptors (Lipinski definition) is 4. The molecule has 0 amide bonds. The van der Waals surface area contributed by atoms with Crippen molar-refractivity contribution in [2.24, 2.45) is 0 Å². The smallest absolute Gasteiger partial charge is 0.336 e. The summed E-state index contributed by atoms with van der Waals surface area (Å²) in [5.41, 5.74) is 0. The predicted octanol–water partition coefficient (Wildman–Crippen LogP) is 4.18. The summed E-state index contributed by atoms with van der Waals surface area (Å²) >= 11 is 0. The minimum atomic E-state index is -2.97. The van der Waals surface area contributed by atoms with Crippen LogP contribution >= 0.6 is 7.60 Å². The fourth-order valence-electron chi connectivity index (χ4n) is 2.12. The van der Waals surface area contributed by atoms with Crippen LogP contribution in [0.2, 0.25) is 39.3 Å². The zero-order valence-electron chi connectivity index (χ0n) is 13.2. The number of hydrogen-bond donors (Lipinski definition) is 0. The highest BCUT2D eigenvalue weighted by molar-refractivity contribution is 7.54. The summed E-state index contributed by atoms with van der Waals surface area (Å²) in [7, 11) is -6.03. The van der Waals surface area contributed by atoms with Crippen molar-refractivity contribution in [2.45, 2.75) is 53.1 Å². The van der Waals surface area contributed by atoms with Gasteiger partial charge in [0, 0.05) is 0 Å². The first-order valence-corrected chi connectivity index (χ1v) is 15.2. The van der Waals surface area contributed by atoms with Crippen molar-refractivity contribution in [3.63, 3.8) is 0 Å². The van der Waals surface area contributed by atoms with Crippen LogP contribution in [-0.2, 0) is 13.6 Å². The van der Waals surface area contributed by atoms with Gasteiger partial charge in [-0.2, -0.15) is 0 Å². The molecule has 7 heteroatoms. The molecule has 0 atom stereocenters. The Kier molecular flexibility index (Phi) is 7.02. The lowest BCUT2D eigenvalue weighted by molar-refractivity contribution is 0.215. The first-order valence-electron chi connectivity index (χ1n) is 6.62. The van der Waals surface area contributed by atoms with E-state index in [1.165, 1.54) is 0 Å². The van der Waals surface area contributed by atoms with Gasteiger partial charge in [0.1, 0.15) is 16.5 Å². The fraction of sp³-hybridized carbons (Fsp3) is 1.00. The van der Waals surface area contributed by atoms with Crippen molar-refractivity contribution >= 4 is 24.1 Å². The molecule has 0 unspecified atom stereocenters. The van der Waals surface area contributed by atoms with Crippen LogP contribution in [0.5, 0.6) is 0 Å². The van der Waals surface area contributed by atoms with Crippen LogP contribution in [0.4, 0.5) is 0 Å². The Morgan fingerprint density at radius 2 is 1.22 bits per heavy atom. The standard InChI is InChI=1S/C11H30NO3PSi2/c1-9-14-16(13,15-10-2)11-12(17(3,4)5)18(6,7)8/h9-11H2,1-8H3. The molecule has 0 fully saturated rings. The van der Waals surface area contributed by atoms with Crippen molar-refractivity contribution in [2.75, 3.05) is 19.5 Å². The maximum atomic E-state index is 12.7. The Bertz CT molecular complexity index is 276. The Labute approximate surface area is 115 Å². The van der Waals surface area contributed by atoms with Gasteiger partial charge in [-0.05, 0) is 13.8 Å². The van der Waals surface area contributed by atoms with Gasteiger partial charge in [-0.15, -0.1) is 0 Å². The maximum absolute atomic E-state index is 12.7. The molecule has 4 nitrogen and oxygen atoms in total. The normalized spacial score (nSPS) is 14.3. The Morgan fingerprint density at radius 3 is 1.44 bits per heavy atom. The van der Waals surface area contributed by atoms with E-state index >= 15 is 0 Å². The minimum absolute atomic E-state index is 0.433. The van der Waals surface area contributed by atoms with Crippen LogP contribution < -0.4 is 0 Å². The number of rotatable bonds is 8. The predicted molar refractivity (Wildman–Crippen MR) is 84.3 cm³/mol. The van der Waals surface area contributed by atoms with Gasteiger partial charge in [-0.1, -0.05) is 39.3 Å². The third kappa shape index (κ3) is 6.13. The molecular weight excluding hydrogens is 281 g/mol. The monoisotopic (exact) mass is 311 g/mol. The zero-order valence-corrected chi connectivity index (χ0v) is 16.1. The van der Waals surface area contributed by atoms with E-state index in [1.54, 1.807) is 0 Å². The highest BCUT2D eigenvalue weighted by Crippen LogP contribution is 2.50. The van der Waals surface area contributed by atoms with Crippen molar-refractivity contribution in [3.05, 3.63) is 0 Å². The van der Waals surface area contributed by atoms with E-state index in [1.807, 2.05) is 13.8 Å². The minimum Gasteiger partial charge on any atom is -0.336 e. The molecule has 0 aliphatic rings. The Morgan fingerprint density at radius 1 is 0.889 bits per heavy atom. The summed E-state index contributed by atoms with van der Waals surface area (Å²) in [6.07, 6.45) is 0.445. The van der Waals surface area contributed by atoms with Crippen LogP contribution in [0.15, 0.2) is 0 Å². The van der Waals surface area contributed by atoms with Crippen molar-refractivity contribution in [1.82, 2.24) is 4.23 Å². The third-order valence-electron chi connectivity index (χ3n) is 2.59. The van der Waals surface area contributed by atoms with E-state index in [-0.39, 0.29) is 0 Å². The fourth-order valence-corrected chi connectivity index (χ4v) is 16.0. The molecule has 18 heavy (non-hydrogen) atoms. The van der Waals surface area contributed by atoms with E-state index in [4.69, 9.17) is 9.05 Å². The second-order valence-electron chi connectivity index (χ2n) is 6.36. The Hall–Kier alpha value is 0.544. The molecular formula is C11H30NO3PSi2. The summed E-state index contributed by atoms with van der Waals surface area (Å²) in [6.45, 7) is 18.3. The molecule has 0 saturated carbocycles. The van der Waals surface area contributed by atoms with Gasteiger partial charge in [-0.3, -0.25) is 4.57 Å². The average molecular weight is 312 g/mol. The van der Waals surface area contributed by atoms with Gasteiger partial charge >= 0.3 is 7.60 Å². The molecule has 0 heterocycles. The first kappa shape index (κ1) is 18.5. The van der Waals surface area contributed by atoms with Crippen LogP contribution in [0.1, 0.15) is 13.8 Å². The lowest BCUT2D eigenvalue weighted by Crippen LogP contribution is -2.59. The van der Waals surface area contributed by atoms with Crippen molar-refractivity contribution in [1.29, 1.82) is 0 Å². The molecule has 0 spiro atoms. The van der Waals surface area contributed by atoms with Gasteiger partial charge in [0.15, 0.2) is 0 Å². The zero-order chi connectivity index (χ0) is 14.6. The molecule has 0 radical (unpaired) electrons. The van der Waals surface area contributed by atoms with Gasteiger partial charge in [0.25, 0.3) is 0 Å². The average Bonchev–Trinajstić information content (AvgIpc) is 2.11. The highest BCUT2D eigenvalue weighted by Gasteiger charge is 2.40. The van der Waals surface area contributed by atoms with E-state index < -0.39 is 24.1 Å². The molecule has 0 aromatic heterocycles. The summed E-state index contributed by atoms with van der Waals surface area (Å²) in [4.78, 5) is 0. The van der Waals surface area contributed by atoms with E-state index in [0.717, 1.165) is 0 Å². The van der Waals surface area contributed by atoms with Crippen LogP contribution in [0, 0.1) is 0 Å². The second-order valence-corrected chi connectivity index (χ2v) is 18.6. The van der Waals surface area contributed by atoms with Gasteiger partial charge in [-0.25, -0.2) is 0 Å². The molecule has 0 aliphatic heterocycles. The van der Waals surface area contributed by atoms with Crippen LogP contribution in [0.3, 0.4) is 0 Å². The molecule has 0 aromatic carbocycles. The van der Waals surface area contributed by atoms with Gasteiger partial charge in [0.2, 0.25) is 0 Å². The van der Waals surface area contributed by atoms with E-state index in [9.17, 15) is 4.57 Å². The van der Waals surface area contributed by atoms with Crippen molar-refractivity contribution < 1.29 is 13.6 Å². The summed E-state index contributed by atoms with van der Waals surface area (Å²) in [5.74, 6) is 0. The lowest BCUT2D eigenvalue weighted by Gasteiger charge is -2.44. The molecule has 0 N–H and O–H groups in total. The second kappa shape index (κ2) is 6.82. The van der Waals surface area contributed by atoms with E-state index in [0.29, 0.717) is 19.5 Å². The molecule has 0 rings (SSSR count). The summed E-state index contributed by atoms with van der Waals surface area (Å²) in [6, 6.07) is 0. The summed E-state index contributed by atoms with van der Waals surface area (Å²) in [5, 5.41) is 0. The maximum Gasteiger partial charge on any atom is 0.343 e. The largest absolute Gasteiger partial charge is 0.343 e. The summed E-state index contributed by atoms with van der Waals surface area (Å²) < 4.78 is 26.0. The SMILES string of the molecule is CCOP(=O)(CN([Si](C)(C)C)[Si](C)(C)C)OCC. The molecule has 0 bridgehead atoms. The molecule has 110 valence electrons. The van der Waals surface area contributed by atoms with Gasteiger partial charge in [0.05, 0.1) is 19.5 Å². The molecule has 0 aliphatic carbocycles. The topological polar surface area (TPSA) is 38.8 Å². The molecule has 0 aromatic rings. The number of nitrogens with zero attached hydrogens (tertiary/aromatic N) is 1. The highest BCUT2D eigenvalue weighted by atomic mass is 31.2. The lowest BCUT2D eigenvalue weighted by atomic mass is 10.9. The quantitative estimate of drug-likeness (QED) is 0.498. The third-order valence-corrected chi connectivity index (χ3v) is 12.6. The Balaban J connectivity index is 5.12. The van der Waals surface area contributed by atoms with Gasteiger partial charge < -0.3 is 13.3 Å². The van der Waals surface area contributed by atoms with Crippen LogP contribution in [0.25, 0.3) is 0 Å². The molecule has 0 saturated heterocycles. The van der Waals surface area contributed by atoms with E-state index in [2.05, 4.69) is 43.5 Å². The van der Waals surface area contributed by atoms with Crippen molar-refractivity contribution in [3.8, 4) is 0 Å².